The predicted molar refractivity (Wildman–Crippen MR) is 20.4 cm³/mol. The van der Waals surface area contributed by atoms with Crippen LogP contribution in [-0.2, 0) is 10.2 Å². The average Bonchev–Trinajstić information content (AvgIpc) is 1.35. The van der Waals surface area contributed by atoms with Crippen molar-refractivity contribution in [1.29, 1.82) is 0 Å². The van der Waals surface area contributed by atoms with Gasteiger partial charge in [0, 0.05) is 0 Å². The molecule has 0 unspecified atom stereocenters. The normalized spacial score (nSPS) is 11.7. The molecule has 0 aromatic carbocycles. The van der Waals surface area contributed by atoms with E-state index in [9.17, 15) is 8.42 Å². The van der Waals surface area contributed by atoms with Crippen molar-refractivity contribution in [3.8, 4) is 0 Å². The quantitative estimate of drug-likeness (QED) is 0.261. The molecule has 0 fully saturated rings. The van der Waals surface area contributed by atoms with Crippen LogP contribution in [-0.4, -0.2) is 8.42 Å². The number of nitrogens with one attached hydrogen (secondary N) is 1. The van der Waals surface area contributed by atoms with Gasteiger partial charge in [0.15, 0.2) is 0 Å². The van der Waals surface area contributed by atoms with Gasteiger partial charge >= 0.3 is 0 Å². The van der Waals surface area contributed by atoms with Crippen LogP contribution in [0.15, 0.2) is 0 Å². The fourth-order valence-corrected chi connectivity index (χ4v) is 0. The topological polar surface area (TPSA) is 98.2 Å². The fourth-order valence-electron chi connectivity index (χ4n) is 0. The van der Waals surface area contributed by atoms with E-state index < -0.39 is 10.2 Å². The molecule has 5 nitrogen and oxygen atoms in total. The molecule has 38 valence electrons. The monoisotopic (exact) mass is 111 g/mol. The number of hydrogen-bond acceptors (Lipinski definition) is 3. The van der Waals surface area contributed by atoms with Crippen molar-refractivity contribution in [2.24, 2.45) is 11.0 Å². The smallest absolute Gasteiger partial charge is 0.257 e. The third kappa shape index (κ3) is 3.83. The van der Waals surface area contributed by atoms with Gasteiger partial charge in [0.2, 0.25) is 0 Å². The van der Waals surface area contributed by atoms with Gasteiger partial charge in [-0.05, 0) is 0 Å². The molecule has 0 aliphatic carbocycles. The number of hydrazine groups is 1. The minimum Gasteiger partial charge on any atom is -0.257 e. The summed E-state index contributed by atoms with van der Waals surface area (Å²) in [6.45, 7) is 0. The zero-order valence-corrected chi connectivity index (χ0v) is 3.70. The van der Waals surface area contributed by atoms with Crippen molar-refractivity contribution in [2.45, 2.75) is 0 Å². The highest BCUT2D eigenvalue weighted by molar-refractivity contribution is 7.87. The van der Waals surface area contributed by atoms with Crippen LogP contribution in [0, 0.1) is 0 Å². The first kappa shape index (κ1) is 5.83. The van der Waals surface area contributed by atoms with Crippen molar-refractivity contribution in [3.05, 3.63) is 0 Å². The van der Waals surface area contributed by atoms with Crippen LogP contribution in [0.4, 0.5) is 0 Å². The van der Waals surface area contributed by atoms with E-state index in [-0.39, 0.29) is 0 Å². The second kappa shape index (κ2) is 1.52. The Balaban J connectivity index is 3.85. The van der Waals surface area contributed by atoms with Gasteiger partial charge < -0.3 is 0 Å². The molecule has 0 saturated carbocycles. The maximum Gasteiger partial charge on any atom is 0.287 e. The van der Waals surface area contributed by atoms with E-state index in [0.29, 0.717) is 0 Å². The first-order valence-corrected chi connectivity index (χ1v) is 2.61. The van der Waals surface area contributed by atoms with E-state index in [2.05, 4.69) is 11.0 Å². The lowest BCUT2D eigenvalue weighted by atomic mass is 13.0. The summed E-state index contributed by atoms with van der Waals surface area (Å²) in [4.78, 5) is 1.35. The summed E-state index contributed by atoms with van der Waals surface area (Å²) in [5, 5.41) is 4.27. The van der Waals surface area contributed by atoms with Crippen molar-refractivity contribution in [3.63, 3.8) is 0 Å². The Morgan fingerprint density at radius 2 is 1.67 bits per heavy atom. The lowest BCUT2D eigenvalue weighted by molar-refractivity contribution is 0.586. The lowest BCUT2D eigenvalue weighted by Gasteiger charge is -1.85. The second-order valence-corrected chi connectivity index (χ2v) is 1.99. The molecule has 0 bridgehead atoms. The van der Waals surface area contributed by atoms with Gasteiger partial charge in [-0.2, -0.15) is 8.42 Å². The number of hydrogen-bond donors (Lipinski definition) is 3. The number of nitrogens with two attached hydrogens (primary N) is 2. The standard InChI is InChI=1S/H5N3O2S/c1-3-6(2,4)5/h3H,1H2,(H2,2,4,5). The molecule has 0 rings (SSSR count). The molecular weight excluding hydrogens is 106 g/mol. The molecule has 0 atom stereocenters. The Labute approximate surface area is 35.5 Å². The highest BCUT2D eigenvalue weighted by atomic mass is 32.2. The summed E-state index contributed by atoms with van der Waals surface area (Å²) in [7, 11) is -3.63. The van der Waals surface area contributed by atoms with E-state index in [4.69, 9.17) is 0 Å². The molecule has 6 heteroatoms. The molecule has 0 aliphatic heterocycles. The largest absolute Gasteiger partial charge is 0.287 e. The van der Waals surface area contributed by atoms with Crippen LogP contribution < -0.4 is 15.8 Å². The molecule has 0 spiro atoms. The van der Waals surface area contributed by atoms with Gasteiger partial charge in [-0.1, -0.05) is 0 Å². The molecule has 0 aromatic heterocycles. The highest BCUT2D eigenvalue weighted by Gasteiger charge is 1.89. The van der Waals surface area contributed by atoms with Crippen LogP contribution >= 0.6 is 0 Å². The summed E-state index contributed by atoms with van der Waals surface area (Å²) >= 11 is 0. The molecule has 0 aliphatic rings. The van der Waals surface area contributed by atoms with Gasteiger partial charge in [-0.15, -0.1) is 4.83 Å². The Morgan fingerprint density at radius 1 is 1.50 bits per heavy atom. The predicted octanol–water partition coefficient (Wildman–Crippen LogP) is -2.35. The third-order valence-electron chi connectivity index (χ3n) is 0.164. The van der Waals surface area contributed by atoms with Gasteiger partial charge in [-0.25, -0.2) is 5.14 Å². The zero-order valence-electron chi connectivity index (χ0n) is 2.88. The van der Waals surface area contributed by atoms with E-state index in [1.54, 1.807) is 0 Å². The minimum atomic E-state index is -3.63. The average molecular weight is 111 g/mol. The first-order valence-electron chi connectivity index (χ1n) is 1.06. The van der Waals surface area contributed by atoms with E-state index in [1.165, 1.54) is 4.83 Å². The zero-order chi connectivity index (χ0) is 5.21. The molecule has 0 saturated heterocycles. The van der Waals surface area contributed by atoms with Crippen LogP contribution in [0.3, 0.4) is 0 Å². The second-order valence-electron chi connectivity index (χ2n) is 0.663. The van der Waals surface area contributed by atoms with Crippen molar-refractivity contribution < 1.29 is 8.42 Å². The Morgan fingerprint density at radius 3 is 1.67 bits per heavy atom. The van der Waals surface area contributed by atoms with Crippen LogP contribution in [0.1, 0.15) is 0 Å². The summed E-state index contributed by atoms with van der Waals surface area (Å²) in [5.41, 5.74) is 0. The molecule has 6 heavy (non-hydrogen) atoms. The van der Waals surface area contributed by atoms with E-state index in [0.717, 1.165) is 0 Å². The lowest BCUT2D eigenvalue weighted by Crippen LogP contribution is -2.36. The molecular formula is H5N3O2S. The summed E-state index contributed by atoms with van der Waals surface area (Å²) in [6, 6.07) is 0. The van der Waals surface area contributed by atoms with Gasteiger partial charge in [0.1, 0.15) is 0 Å². The molecule has 0 heterocycles. The third-order valence-corrected chi connectivity index (χ3v) is 0.493. The first-order chi connectivity index (χ1) is 2.56. The molecule has 0 radical (unpaired) electrons. The van der Waals surface area contributed by atoms with Crippen molar-refractivity contribution in [2.75, 3.05) is 0 Å². The Kier molecular flexibility index (Phi) is 1.48. The van der Waals surface area contributed by atoms with Gasteiger partial charge in [-0.3, -0.25) is 5.84 Å². The fraction of sp³-hybridized carbons (Fsp3) is 0. The van der Waals surface area contributed by atoms with Gasteiger partial charge in [0.25, 0.3) is 10.2 Å². The maximum atomic E-state index is 9.54. The Bertz CT molecular complexity index is 111. The minimum absolute atomic E-state index is 1.35. The summed E-state index contributed by atoms with van der Waals surface area (Å²) in [5.74, 6) is 4.34. The SMILES string of the molecule is NNS(N)(=O)=O. The van der Waals surface area contributed by atoms with E-state index in [1.807, 2.05) is 0 Å². The van der Waals surface area contributed by atoms with Crippen molar-refractivity contribution >= 4 is 10.2 Å². The Hall–Kier alpha value is -0.170. The van der Waals surface area contributed by atoms with Crippen molar-refractivity contribution in [1.82, 2.24) is 4.83 Å². The number of rotatable bonds is 1. The highest BCUT2D eigenvalue weighted by Crippen LogP contribution is 1.50. The van der Waals surface area contributed by atoms with Crippen LogP contribution in [0.2, 0.25) is 0 Å². The van der Waals surface area contributed by atoms with Crippen LogP contribution in [0.5, 0.6) is 0 Å². The molecule has 0 aromatic rings. The van der Waals surface area contributed by atoms with Crippen LogP contribution in [0.25, 0.3) is 0 Å². The summed E-state index contributed by atoms with van der Waals surface area (Å²) in [6.07, 6.45) is 0. The van der Waals surface area contributed by atoms with E-state index >= 15 is 0 Å². The molecule has 0 amide bonds. The van der Waals surface area contributed by atoms with Gasteiger partial charge in [0.05, 0.1) is 0 Å². The molecule has 5 N–H and O–H groups in total. The maximum absolute atomic E-state index is 9.54. The summed E-state index contributed by atoms with van der Waals surface area (Å²) < 4.78 is 19.1.